The third-order valence-corrected chi connectivity index (χ3v) is 5.95. The zero-order valence-corrected chi connectivity index (χ0v) is 13.2. The fraction of sp³-hybridized carbons (Fsp3) is 0.588. The zero-order chi connectivity index (χ0) is 16.6. The molecule has 0 bridgehead atoms. The molecule has 1 saturated carbocycles. The van der Waals surface area contributed by atoms with Gasteiger partial charge in [0.05, 0.1) is 6.04 Å². The van der Waals surface area contributed by atoms with Gasteiger partial charge in [-0.15, -0.1) is 0 Å². The number of likely N-dealkylation sites (tertiary alicyclic amines) is 1. The smallest absolute Gasteiger partial charge is 0.352 e. The van der Waals surface area contributed by atoms with E-state index in [9.17, 15) is 19.5 Å². The number of hydrogen-bond donors (Lipinski definition) is 2. The highest BCUT2D eigenvalue weighted by Gasteiger charge is 2.59. The second-order valence-electron chi connectivity index (χ2n) is 7.38. The number of carbonyl (C=O) groups excluding carboxylic acids is 2. The van der Waals surface area contributed by atoms with E-state index in [2.05, 4.69) is 5.32 Å². The molecule has 0 radical (unpaired) electrons. The van der Waals surface area contributed by atoms with E-state index in [1.54, 1.807) is 6.08 Å². The minimum atomic E-state index is -1.08. The second kappa shape index (κ2) is 4.69. The number of amides is 2. The number of hydrogen-bond acceptors (Lipinski definition) is 4. The number of rotatable bonds is 3. The van der Waals surface area contributed by atoms with Crippen LogP contribution in [-0.4, -0.2) is 63.9 Å². The van der Waals surface area contributed by atoms with Crippen molar-refractivity contribution in [2.24, 2.45) is 5.92 Å². The van der Waals surface area contributed by atoms with Gasteiger partial charge < -0.3 is 15.3 Å². The lowest BCUT2D eigenvalue weighted by Crippen LogP contribution is -2.68. The first-order valence-electron chi connectivity index (χ1n) is 8.60. The Hall–Kier alpha value is -2.15. The van der Waals surface area contributed by atoms with E-state index in [0.29, 0.717) is 30.0 Å². The lowest BCUT2D eigenvalue weighted by atomic mass is 9.79. The van der Waals surface area contributed by atoms with Crippen molar-refractivity contribution in [1.29, 1.82) is 0 Å². The molecular formula is C17H19N3O4. The van der Waals surface area contributed by atoms with Crippen molar-refractivity contribution in [3.05, 3.63) is 22.9 Å². The highest BCUT2D eigenvalue weighted by Crippen LogP contribution is 2.44. The van der Waals surface area contributed by atoms with Gasteiger partial charge in [-0.1, -0.05) is 0 Å². The molecule has 0 aromatic carbocycles. The van der Waals surface area contributed by atoms with Crippen molar-refractivity contribution in [3.63, 3.8) is 0 Å². The Balaban J connectivity index is 1.52. The first-order chi connectivity index (χ1) is 11.6. The molecule has 1 aliphatic carbocycles. The van der Waals surface area contributed by atoms with E-state index < -0.39 is 5.97 Å². The molecule has 0 spiro atoms. The van der Waals surface area contributed by atoms with Gasteiger partial charge in [0.15, 0.2) is 0 Å². The molecule has 2 unspecified atom stereocenters. The summed E-state index contributed by atoms with van der Waals surface area (Å²) >= 11 is 0. The summed E-state index contributed by atoms with van der Waals surface area (Å²) in [6.45, 7) is 1.45. The molecular weight excluding hydrogens is 310 g/mol. The molecule has 7 heteroatoms. The largest absolute Gasteiger partial charge is 0.477 e. The third-order valence-electron chi connectivity index (χ3n) is 5.95. The molecule has 5 aliphatic rings. The van der Waals surface area contributed by atoms with E-state index >= 15 is 0 Å². The summed E-state index contributed by atoms with van der Waals surface area (Å²) in [5, 5.41) is 12.8. The van der Waals surface area contributed by atoms with Gasteiger partial charge in [-0.2, -0.15) is 0 Å². The molecule has 3 saturated heterocycles. The molecule has 4 fully saturated rings. The number of allylic oxidation sites excluding steroid dienone is 2. The average molecular weight is 329 g/mol. The minimum Gasteiger partial charge on any atom is -0.477 e. The Morgan fingerprint density at radius 1 is 1.29 bits per heavy atom. The van der Waals surface area contributed by atoms with Crippen molar-refractivity contribution in [2.75, 3.05) is 13.1 Å². The maximum absolute atomic E-state index is 12.5. The number of carboxylic acids is 1. The molecule has 5 rings (SSSR count). The van der Waals surface area contributed by atoms with E-state index in [-0.39, 0.29) is 35.5 Å². The normalized spacial score (nSPS) is 36.5. The molecule has 3 atom stereocenters. The van der Waals surface area contributed by atoms with Gasteiger partial charge in [-0.3, -0.25) is 14.5 Å². The maximum atomic E-state index is 12.5. The summed E-state index contributed by atoms with van der Waals surface area (Å²) in [7, 11) is 0. The molecule has 24 heavy (non-hydrogen) atoms. The SMILES string of the molecule is O=C(O)C1=C(/C=C2\CCN(C3CC3)C2=O)CC2CNC3C(=O)N1[C@H]23. The highest BCUT2D eigenvalue weighted by atomic mass is 16.4. The summed E-state index contributed by atoms with van der Waals surface area (Å²) in [4.78, 5) is 39.9. The van der Waals surface area contributed by atoms with Gasteiger partial charge in [0.1, 0.15) is 11.7 Å². The van der Waals surface area contributed by atoms with Crippen LogP contribution < -0.4 is 5.32 Å². The topological polar surface area (TPSA) is 90.0 Å². The standard InChI is InChI=1S/C17H19N3O4/c21-15-8(3-4-19(15)11-1-2-11)5-9-6-10-7-18-12-13(10)20(16(12)22)14(9)17(23)24/h5,10-13,18H,1-4,6-7H2,(H,23,24)/b8-5+/t10?,12?,13-/m1/s1. The monoisotopic (exact) mass is 329 g/mol. The van der Waals surface area contributed by atoms with Crippen LogP contribution in [0, 0.1) is 5.92 Å². The predicted molar refractivity (Wildman–Crippen MR) is 82.6 cm³/mol. The van der Waals surface area contributed by atoms with E-state index in [4.69, 9.17) is 0 Å². The Morgan fingerprint density at radius 3 is 2.79 bits per heavy atom. The molecule has 2 amide bonds. The number of carboxylic acid groups (broad SMARTS) is 1. The van der Waals surface area contributed by atoms with Gasteiger partial charge in [0, 0.05) is 24.7 Å². The Morgan fingerprint density at radius 2 is 2.08 bits per heavy atom. The molecule has 7 nitrogen and oxygen atoms in total. The fourth-order valence-corrected chi connectivity index (χ4v) is 4.67. The third kappa shape index (κ3) is 1.79. The summed E-state index contributed by atoms with van der Waals surface area (Å²) in [6, 6.07) is 0.119. The van der Waals surface area contributed by atoms with E-state index in [1.807, 2.05) is 4.90 Å². The van der Waals surface area contributed by atoms with Crippen LogP contribution in [-0.2, 0) is 14.4 Å². The number of β-lactam (4-membered cyclic amide) rings is 1. The molecule has 2 N–H and O–H groups in total. The summed E-state index contributed by atoms with van der Waals surface area (Å²) < 4.78 is 0. The van der Waals surface area contributed by atoms with Crippen molar-refractivity contribution in [1.82, 2.24) is 15.1 Å². The number of aliphatic carboxylic acids is 1. The molecule has 126 valence electrons. The van der Waals surface area contributed by atoms with Crippen molar-refractivity contribution in [3.8, 4) is 0 Å². The highest BCUT2D eigenvalue weighted by molar-refractivity contribution is 6.02. The lowest BCUT2D eigenvalue weighted by Gasteiger charge is -2.48. The first-order valence-corrected chi connectivity index (χ1v) is 8.60. The second-order valence-corrected chi connectivity index (χ2v) is 7.38. The Bertz CT molecular complexity index is 736. The van der Waals surface area contributed by atoms with Crippen molar-refractivity contribution < 1.29 is 19.5 Å². The van der Waals surface area contributed by atoms with Crippen LogP contribution in [0.15, 0.2) is 22.9 Å². The molecule has 4 heterocycles. The Labute approximate surface area is 139 Å². The van der Waals surface area contributed by atoms with Gasteiger partial charge in [-0.05, 0) is 43.3 Å². The lowest BCUT2D eigenvalue weighted by molar-refractivity contribution is -0.153. The zero-order valence-electron chi connectivity index (χ0n) is 13.2. The summed E-state index contributed by atoms with van der Waals surface area (Å²) in [5.41, 5.74) is 1.39. The van der Waals surface area contributed by atoms with Crippen LogP contribution in [0.25, 0.3) is 0 Å². The molecule has 4 aliphatic heterocycles. The van der Waals surface area contributed by atoms with Gasteiger partial charge in [0.25, 0.3) is 0 Å². The van der Waals surface area contributed by atoms with E-state index in [1.165, 1.54) is 4.90 Å². The quantitative estimate of drug-likeness (QED) is 0.555. The maximum Gasteiger partial charge on any atom is 0.352 e. The summed E-state index contributed by atoms with van der Waals surface area (Å²) in [6.07, 6.45) is 5.17. The summed E-state index contributed by atoms with van der Waals surface area (Å²) in [5.74, 6) is -0.968. The number of nitrogens with one attached hydrogen (secondary N) is 1. The van der Waals surface area contributed by atoms with Gasteiger partial charge in [-0.25, -0.2) is 4.79 Å². The van der Waals surface area contributed by atoms with Crippen LogP contribution >= 0.6 is 0 Å². The van der Waals surface area contributed by atoms with Crippen LogP contribution in [0.2, 0.25) is 0 Å². The van der Waals surface area contributed by atoms with Crippen molar-refractivity contribution in [2.45, 2.75) is 43.8 Å². The van der Waals surface area contributed by atoms with Crippen LogP contribution in [0.1, 0.15) is 25.7 Å². The van der Waals surface area contributed by atoms with Crippen LogP contribution in [0.3, 0.4) is 0 Å². The van der Waals surface area contributed by atoms with Gasteiger partial charge >= 0.3 is 5.97 Å². The molecule has 0 aromatic rings. The minimum absolute atomic E-state index is 0.0343. The Kier molecular flexibility index (Phi) is 2.78. The van der Waals surface area contributed by atoms with Crippen LogP contribution in [0.5, 0.6) is 0 Å². The van der Waals surface area contributed by atoms with E-state index in [0.717, 1.165) is 25.9 Å². The number of carbonyl (C=O) groups is 3. The van der Waals surface area contributed by atoms with Gasteiger partial charge in [0.2, 0.25) is 11.8 Å². The predicted octanol–water partition coefficient (Wildman–Crippen LogP) is -0.151. The van der Waals surface area contributed by atoms with Crippen molar-refractivity contribution >= 4 is 17.8 Å². The first kappa shape index (κ1) is 14.2. The fourth-order valence-electron chi connectivity index (χ4n) is 4.67. The molecule has 0 aromatic heterocycles. The average Bonchev–Trinajstić information content (AvgIpc) is 3.21. The number of nitrogens with zero attached hydrogens (tertiary/aromatic N) is 2. The van der Waals surface area contributed by atoms with Crippen LogP contribution in [0.4, 0.5) is 0 Å².